The molecule has 2 N–H and O–H groups in total. The van der Waals surface area contributed by atoms with Crippen molar-refractivity contribution in [2.75, 3.05) is 0 Å². The van der Waals surface area contributed by atoms with E-state index in [1.807, 2.05) is 0 Å². The number of aromatic nitrogens is 3. The lowest BCUT2D eigenvalue weighted by atomic mass is 10.2. The lowest BCUT2D eigenvalue weighted by Crippen LogP contribution is -2.16. The smallest absolute Gasteiger partial charge is 0.255 e. The molecule has 108 valence electrons. The lowest BCUT2D eigenvalue weighted by molar-refractivity contribution is -0.141. The summed E-state index contributed by atoms with van der Waals surface area (Å²) in [7, 11) is -2.59. The summed E-state index contributed by atoms with van der Waals surface area (Å²) in [5.41, 5.74) is -0.620. The standard InChI is InChI=1S/C10H9F3N4O2S/c1-17-9(20(14,18)19)4-7(16-17)6-2-3-8(15-5-6)10(11,12)13/h2-5H,1H3,(H2,14,18,19). The summed E-state index contributed by atoms with van der Waals surface area (Å²) in [6.07, 6.45) is -3.56. The van der Waals surface area contributed by atoms with E-state index in [0.29, 0.717) is 0 Å². The van der Waals surface area contributed by atoms with Crippen LogP contribution in [0.25, 0.3) is 11.3 Å². The third-order valence-corrected chi connectivity index (χ3v) is 3.44. The number of aryl methyl sites for hydroxylation is 1. The first-order valence-electron chi connectivity index (χ1n) is 5.19. The number of sulfonamides is 1. The molecule has 0 saturated carbocycles. The van der Waals surface area contributed by atoms with Crippen molar-refractivity contribution in [2.45, 2.75) is 11.2 Å². The summed E-state index contributed by atoms with van der Waals surface area (Å²) >= 11 is 0. The Kier molecular flexibility index (Phi) is 3.30. The van der Waals surface area contributed by atoms with Crippen LogP contribution in [0.5, 0.6) is 0 Å². The molecule has 2 rings (SSSR count). The van der Waals surface area contributed by atoms with Gasteiger partial charge in [0.15, 0.2) is 5.03 Å². The second-order valence-corrected chi connectivity index (χ2v) is 5.47. The van der Waals surface area contributed by atoms with Gasteiger partial charge in [0.05, 0.1) is 5.69 Å². The molecule has 0 radical (unpaired) electrons. The number of alkyl halides is 3. The van der Waals surface area contributed by atoms with Gasteiger partial charge in [-0.25, -0.2) is 13.6 Å². The van der Waals surface area contributed by atoms with E-state index < -0.39 is 21.9 Å². The Balaban J connectivity index is 2.43. The van der Waals surface area contributed by atoms with E-state index in [1.54, 1.807) is 0 Å². The summed E-state index contributed by atoms with van der Waals surface area (Å²) in [4.78, 5) is 3.27. The first-order valence-corrected chi connectivity index (χ1v) is 6.74. The summed E-state index contributed by atoms with van der Waals surface area (Å²) in [6.45, 7) is 0. The van der Waals surface area contributed by atoms with Crippen LogP contribution in [0.4, 0.5) is 13.2 Å². The minimum Gasteiger partial charge on any atom is -0.255 e. The van der Waals surface area contributed by atoms with Crippen LogP contribution in [-0.4, -0.2) is 23.2 Å². The molecule has 0 aliphatic heterocycles. The van der Waals surface area contributed by atoms with Gasteiger partial charge in [0.25, 0.3) is 10.0 Å². The molecule has 0 atom stereocenters. The van der Waals surface area contributed by atoms with Gasteiger partial charge in [-0.2, -0.15) is 18.3 Å². The summed E-state index contributed by atoms with van der Waals surface area (Å²) in [6, 6.07) is 3.12. The van der Waals surface area contributed by atoms with Gasteiger partial charge in [0.2, 0.25) is 0 Å². The molecule has 0 bridgehead atoms. The predicted octanol–water partition coefficient (Wildman–Crippen LogP) is 1.15. The summed E-state index contributed by atoms with van der Waals surface area (Å²) in [5.74, 6) is 0. The van der Waals surface area contributed by atoms with Gasteiger partial charge in [0.1, 0.15) is 5.69 Å². The quantitative estimate of drug-likeness (QED) is 0.901. The van der Waals surface area contributed by atoms with Crippen LogP contribution >= 0.6 is 0 Å². The SMILES string of the molecule is Cn1nc(-c2ccc(C(F)(F)F)nc2)cc1S(N)(=O)=O. The second kappa shape index (κ2) is 4.56. The summed E-state index contributed by atoms with van der Waals surface area (Å²) in [5, 5.41) is 8.61. The van der Waals surface area contributed by atoms with Crippen molar-refractivity contribution in [3.63, 3.8) is 0 Å². The zero-order valence-corrected chi connectivity index (χ0v) is 10.9. The molecule has 20 heavy (non-hydrogen) atoms. The maximum Gasteiger partial charge on any atom is 0.433 e. The van der Waals surface area contributed by atoms with Crippen LogP contribution in [0.1, 0.15) is 5.69 Å². The van der Waals surface area contributed by atoms with E-state index in [4.69, 9.17) is 5.14 Å². The van der Waals surface area contributed by atoms with E-state index >= 15 is 0 Å². The van der Waals surface area contributed by atoms with Crippen molar-refractivity contribution in [3.05, 3.63) is 30.1 Å². The first-order chi connectivity index (χ1) is 9.09. The Bertz CT molecular complexity index is 735. The fourth-order valence-electron chi connectivity index (χ4n) is 1.57. The molecule has 0 aliphatic rings. The Hall–Kier alpha value is -1.94. The average Bonchev–Trinajstić information content (AvgIpc) is 2.70. The van der Waals surface area contributed by atoms with Crippen molar-refractivity contribution < 1.29 is 21.6 Å². The van der Waals surface area contributed by atoms with Crippen LogP contribution in [0, 0.1) is 0 Å². The first kappa shape index (κ1) is 14.5. The fourth-order valence-corrected chi connectivity index (χ4v) is 2.26. The molecule has 0 saturated heterocycles. The summed E-state index contributed by atoms with van der Waals surface area (Å²) < 4.78 is 60.6. The maximum absolute atomic E-state index is 12.4. The van der Waals surface area contributed by atoms with Crippen molar-refractivity contribution in [2.24, 2.45) is 12.2 Å². The zero-order valence-electron chi connectivity index (χ0n) is 10.1. The topological polar surface area (TPSA) is 90.9 Å². The van der Waals surface area contributed by atoms with E-state index in [-0.39, 0.29) is 16.3 Å². The monoisotopic (exact) mass is 306 g/mol. The minimum absolute atomic E-state index is 0.165. The largest absolute Gasteiger partial charge is 0.433 e. The molecule has 2 aromatic heterocycles. The Morgan fingerprint density at radius 2 is 1.95 bits per heavy atom. The van der Waals surface area contributed by atoms with Gasteiger partial charge in [0, 0.05) is 24.9 Å². The van der Waals surface area contributed by atoms with Crippen molar-refractivity contribution in [3.8, 4) is 11.3 Å². The molecule has 0 fully saturated rings. The molecule has 0 unspecified atom stereocenters. The predicted molar refractivity (Wildman–Crippen MR) is 62.8 cm³/mol. The molecular formula is C10H9F3N4O2S. The van der Waals surface area contributed by atoms with Gasteiger partial charge in [-0.3, -0.25) is 9.67 Å². The van der Waals surface area contributed by atoms with E-state index in [1.165, 1.54) is 13.1 Å². The van der Waals surface area contributed by atoms with Crippen molar-refractivity contribution in [1.82, 2.24) is 14.8 Å². The zero-order chi connectivity index (χ0) is 15.1. The number of nitrogens with two attached hydrogens (primary N) is 1. The number of primary sulfonamides is 1. The van der Waals surface area contributed by atoms with Crippen molar-refractivity contribution in [1.29, 1.82) is 0 Å². The molecule has 0 spiro atoms. The van der Waals surface area contributed by atoms with Gasteiger partial charge < -0.3 is 0 Å². The highest BCUT2D eigenvalue weighted by Gasteiger charge is 2.32. The number of pyridine rings is 1. The third kappa shape index (κ3) is 2.80. The minimum atomic E-state index is -4.53. The third-order valence-electron chi connectivity index (χ3n) is 2.48. The molecule has 0 aromatic carbocycles. The highest BCUT2D eigenvalue weighted by molar-refractivity contribution is 7.89. The number of hydrogen-bond donors (Lipinski definition) is 1. The van der Waals surface area contributed by atoms with Gasteiger partial charge in [-0.15, -0.1) is 0 Å². The fraction of sp³-hybridized carbons (Fsp3) is 0.200. The van der Waals surface area contributed by atoms with Gasteiger partial charge >= 0.3 is 6.18 Å². The molecule has 6 nitrogen and oxygen atoms in total. The molecule has 0 aliphatic carbocycles. The second-order valence-electron chi connectivity index (χ2n) is 3.97. The Morgan fingerprint density at radius 1 is 1.30 bits per heavy atom. The average molecular weight is 306 g/mol. The highest BCUT2D eigenvalue weighted by atomic mass is 32.2. The Morgan fingerprint density at radius 3 is 2.35 bits per heavy atom. The molecule has 2 heterocycles. The lowest BCUT2D eigenvalue weighted by Gasteiger charge is -2.05. The normalized spacial score (nSPS) is 12.7. The highest BCUT2D eigenvalue weighted by Crippen LogP contribution is 2.29. The van der Waals surface area contributed by atoms with Crippen LogP contribution in [0.2, 0.25) is 0 Å². The maximum atomic E-state index is 12.4. The van der Waals surface area contributed by atoms with E-state index in [9.17, 15) is 21.6 Å². The van der Waals surface area contributed by atoms with E-state index in [2.05, 4.69) is 10.1 Å². The Labute approximate surface area is 112 Å². The number of hydrogen-bond acceptors (Lipinski definition) is 4. The van der Waals surface area contributed by atoms with Crippen LogP contribution in [0.3, 0.4) is 0 Å². The molecule has 2 aromatic rings. The van der Waals surface area contributed by atoms with Crippen molar-refractivity contribution >= 4 is 10.0 Å². The number of rotatable bonds is 2. The molecular weight excluding hydrogens is 297 g/mol. The van der Waals surface area contributed by atoms with E-state index in [0.717, 1.165) is 23.0 Å². The number of halogens is 3. The van der Waals surface area contributed by atoms with Crippen LogP contribution in [-0.2, 0) is 23.2 Å². The molecule has 10 heteroatoms. The number of nitrogens with zero attached hydrogens (tertiary/aromatic N) is 3. The van der Waals surface area contributed by atoms with Crippen LogP contribution in [0.15, 0.2) is 29.4 Å². The van der Waals surface area contributed by atoms with Crippen LogP contribution < -0.4 is 5.14 Å². The molecule has 0 amide bonds. The van der Waals surface area contributed by atoms with Gasteiger partial charge in [-0.05, 0) is 12.1 Å². The van der Waals surface area contributed by atoms with Gasteiger partial charge in [-0.1, -0.05) is 0 Å².